The lowest BCUT2D eigenvalue weighted by atomic mass is 9.95. The van der Waals surface area contributed by atoms with E-state index in [1.807, 2.05) is 18.9 Å². The van der Waals surface area contributed by atoms with Crippen LogP contribution in [0.4, 0.5) is 0 Å². The van der Waals surface area contributed by atoms with Gasteiger partial charge in [-0.3, -0.25) is 9.59 Å². The predicted molar refractivity (Wildman–Crippen MR) is 80.3 cm³/mol. The monoisotopic (exact) mass is 283 g/mol. The molecule has 1 heterocycles. The van der Waals surface area contributed by atoms with E-state index < -0.39 is 0 Å². The highest BCUT2D eigenvalue weighted by Crippen LogP contribution is 2.19. The molecular weight excluding hydrogens is 254 g/mol. The van der Waals surface area contributed by atoms with Gasteiger partial charge in [0.05, 0.1) is 0 Å². The van der Waals surface area contributed by atoms with Crippen LogP contribution in [0.25, 0.3) is 0 Å². The molecule has 0 radical (unpaired) electrons. The van der Waals surface area contributed by atoms with E-state index in [4.69, 9.17) is 0 Å². The van der Waals surface area contributed by atoms with E-state index in [9.17, 15) is 9.59 Å². The Balaban J connectivity index is 2.32. The summed E-state index contributed by atoms with van der Waals surface area (Å²) in [5, 5.41) is 6.02. The molecule has 5 nitrogen and oxygen atoms in total. The quantitative estimate of drug-likeness (QED) is 0.685. The highest BCUT2D eigenvalue weighted by molar-refractivity contribution is 5.81. The summed E-state index contributed by atoms with van der Waals surface area (Å²) in [4.78, 5) is 26.0. The fraction of sp³-hybridized carbons (Fsp3) is 0.867. The van der Waals surface area contributed by atoms with Gasteiger partial charge in [-0.2, -0.15) is 0 Å². The summed E-state index contributed by atoms with van der Waals surface area (Å²) in [6, 6.07) is 0. The maximum atomic E-state index is 12.2. The number of nitrogens with zero attached hydrogens (tertiary/aromatic N) is 1. The third-order valence-electron chi connectivity index (χ3n) is 3.94. The van der Waals surface area contributed by atoms with Gasteiger partial charge in [-0.25, -0.2) is 0 Å². The standard InChI is InChI=1S/C15H29N3O2/c1-4-5-8-17-14(19)13-6-9-18(10-7-13)15(20)12(2)11-16-3/h12-13,16H,4-11H2,1-3H3,(H,17,19). The number of amides is 2. The van der Waals surface area contributed by atoms with E-state index in [1.54, 1.807) is 0 Å². The maximum Gasteiger partial charge on any atom is 0.226 e. The van der Waals surface area contributed by atoms with Crippen LogP contribution in [0.3, 0.4) is 0 Å². The van der Waals surface area contributed by atoms with Crippen LogP contribution in [0.15, 0.2) is 0 Å². The Hall–Kier alpha value is -1.10. The van der Waals surface area contributed by atoms with Crippen LogP contribution >= 0.6 is 0 Å². The van der Waals surface area contributed by atoms with Crippen molar-refractivity contribution in [3.63, 3.8) is 0 Å². The van der Waals surface area contributed by atoms with Crippen molar-refractivity contribution in [2.75, 3.05) is 33.2 Å². The zero-order valence-electron chi connectivity index (χ0n) is 13.1. The minimum Gasteiger partial charge on any atom is -0.356 e. The summed E-state index contributed by atoms with van der Waals surface area (Å²) in [7, 11) is 1.86. The first-order chi connectivity index (χ1) is 9.60. The summed E-state index contributed by atoms with van der Waals surface area (Å²) < 4.78 is 0. The number of hydrogen-bond donors (Lipinski definition) is 2. The Kier molecular flexibility index (Phi) is 7.59. The number of rotatable bonds is 7. The molecule has 5 heteroatoms. The van der Waals surface area contributed by atoms with Gasteiger partial charge >= 0.3 is 0 Å². The van der Waals surface area contributed by atoms with Crippen molar-refractivity contribution in [2.24, 2.45) is 11.8 Å². The number of likely N-dealkylation sites (tertiary alicyclic amines) is 1. The molecule has 0 aromatic carbocycles. The van der Waals surface area contributed by atoms with Crippen LogP contribution in [0, 0.1) is 11.8 Å². The van der Waals surface area contributed by atoms with E-state index in [1.165, 1.54) is 0 Å². The van der Waals surface area contributed by atoms with Crippen molar-refractivity contribution >= 4 is 11.8 Å². The maximum absolute atomic E-state index is 12.2. The van der Waals surface area contributed by atoms with Crippen LogP contribution in [0.5, 0.6) is 0 Å². The molecule has 1 atom stereocenters. The van der Waals surface area contributed by atoms with E-state index in [0.29, 0.717) is 19.6 Å². The van der Waals surface area contributed by atoms with E-state index in [2.05, 4.69) is 17.6 Å². The van der Waals surface area contributed by atoms with Gasteiger partial charge in [0.15, 0.2) is 0 Å². The zero-order chi connectivity index (χ0) is 15.0. The molecule has 20 heavy (non-hydrogen) atoms. The zero-order valence-corrected chi connectivity index (χ0v) is 13.1. The van der Waals surface area contributed by atoms with Crippen molar-refractivity contribution in [3.05, 3.63) is 0 Å². The predicted octanol–water partition coefficient (Wildman–Crippen LogP) is 0.997. The minimum absolute atomic E-state index is 0.00920. The van der Waals surface area contributed by atoms with Gasteiger partial charge in [0.2, 0.25) is 11.8 Å². The van der Waals surface area contributed by atoms with Gasteiger partial charge in [0.25, 0.3) is 0 Å². The number of hydrogen-bond acceptors (Lipinski definition) is 3. The first-order valence-corrected chi connectivity index (χ1v) is 7.81. The van der Waals surface area contributed by atoms with Crippen molar-refractivity contribution in [2.45, 2.75) is 39.5 Å². The Morgan fingerprint density at radius 2 is 1.95 bits per heavy atom. The molecule has 2 amide bonds. The van der Waals surface area contributed by atoms with Gasteiger partial charge in [-0.05, 0) is 26.3 Å². The van der Waals surface area contributed by atoms with Crippen LogP contribution < -0.4 is 10.6 Å². The average molecular weight is 283 g/mol. The third kappa shape index (κ3) is 5.12. The first-order valence-electron chi connectivity index (χ1n) is 7.81. The fourth-order valence-corrected chi connectivity index (χ4v) is 2.60. The van der Waals surface area contributed by atoms with Gasteiger partial charge in [0, 0.05) is 38.0 Å². The summed E-state index contributed by atoms with van der Waals surface area (Å²) >= 11 is 0. The first kappa shape index (κ1) is 17.0. The van der Waals surface area contributed by atoms with Crippen molar-refractivity contribution < 1.29 is 9.59 Å². The molecule has 0 aromatic rings. The lowest BCUT2D eigenvalue weighted by Gasteiger charge is -2.33. The normalized spacial score (nSPS) is 17.9. The summed E-state index contributed by atoms with van der Waals surface area (Å²) in [6.07, 6.45) is 3.70. The second kappa shape index (κ2) is 8.95. The van der Waals surface area contributed by atoms with Crippen molar-refractivity contribution in [1.82, 2.24) is 15.5 Å². The topological polar surface area (TPSA) is 61.4 Å². The van der Waals surface area contributed by atoms with Gasteiger partial charge in [0.1, 0.15) is 0 Å². The average Bonchev–Trinajstić information content (AvgIpc) is 2.47. The summed E-state index contributed by atoms with van der Waals surface area (Å²) in [6.45, 7) is 6.95. The molecule has 1 saturated heterocycles. The van der Waals surface area contributed by atoms with Crippen molar-refractivity contribution in [1.29, 1.82) is 0 Å². The second-order valence-corrected chi connectivity index (χ2v) is 5.70. The Labute approximate surface area is 122 Å². The molecule has 0 saturated carbocycles. The molecular formula is C15H29N3O2. The second-order valence-electron chi connectivity index (χ2n) is 5.70. The molecule has 0 spiro atoms. The largest absolute Gasteiger partial charge is 0.356 e. The molecule has 2 N–H and O–H groups in total. The van der Waals surface area contributed by atoms with Crippen LogP contribution in [0.1, 0.15) is 39.5 Å². The molecule has 1 rings (SSSR count). The highest BCUT2D eigenvalue weighted by Gasteiger charge is 2.28. The van der Waals surface area contributed by atoms with Gasteiger partial charge in [-0.1, -0.05) is 20.3 Å². The van der Waals surface area contributed by atoms with Crippen molar-refractivity contribution in [3.8, 4) is 0 Å². The lowest BCUT2D eigenvalue weighted by Crippen LogP contribution is -2.46. The number of unbranched alkanes of at least 4 members (excludes halogenated alkanes) is 1. The molecule has 0 bridgehead atoms. The van der Waals surface area contributed by atoms with E-state index >= 15 is 0 Å². The number of carbonyl (C=O) groups excluding carboxylic acids is 2. The molecule has 1 aliphatic rings. The summed E-state index contributed by atoms with van der Waals surface area (Å²) in [5.41, 5.74) is 0. The van der Waals surface area contributed by atoms with Crippen LogP contribution in [0.2, 0.25) is 0 Å². The molecule has 116 valence electrons. The molecule has 1 fully saturated rings. The fourth-order valence-electron chi connectivity index (χ4n) is 2.60. The van der Waals surface area contributed by atoms with Crippen LogP contribution in [-0.2, 0) is 9.59 Å². The molecule has 0 aromatic heterocycles. The Bertz CT molecular complexity index is 312. The lowest BCUT2D eigenvalue weighted by molar-refractivity contribution is -0.138. The number of piperidine rings is 1. The molecule has 1 unspecified atom stereocenters. The number of carbonyl (C=O) groups is 2. The molecule has 0 aliphatic carbocycles. The highest BCUT2D eigenvalue weighted by atomic mass is 16.2. The Morgan fingerprint density at radius 1 is 1.30 bits per heavy atom. The number of nitrogens with one attached hydrogen (secondary N) is 2. The van der Waals surface area contributed by atoms with Crippen LogP contribution in [-0.4, -0.2) is 49.9 Å². The minimum atomic E-state index is 0.00920. The summed E-state index contributed by atoms with van der Waals surface area (Å²) in [5.74, 6) is 0.448. The van der Waals surface area contributed by atoms with Gasteiger partial charge < -0.3 is 15.5 Å². The smallest absolute Gasteiger partial charge is 0.226 e. The SMILES string of the molecule is CCCCNC(=O)C1CCN(C(=O)C(C)CNC)CC1. The van der Waals surface area contributed by atoms with Gasteiger partial charge in [-0.15, -0.1) is 0 Å². The third-order valence-corrected chi connectivity index (χ3v) is 3.94. The molecule has 1 aliphatic heterocycles. The van der Waals surface area contributed by atoms with E-state index in [-0.39, 0.29) is 23.7 Å². The van der Waals surface area contributed by atoms with E-state index in [0.717, 1.165) is 32.2 Å². The Morgan fingerprint density at radius 3 is 2.50 bits per heavy atom.